The molecule has 1 amide bonds. The van der Waals surface area contributed by atoms with Crippen LogP contribution in [0.1, 0.15) is 35.4 Å². The Morgan fingerprint density at radius 2 is 1.74 bits per heavy atom. The Kier molecular flexibility index (Phi) is 10.6. The van der Waals surface area contributed by atoms with Crippen molar-refractivity contribution in [3.63, 3.8) is 0 Å². The first kappa shape index (κ1) is 28.1. The van der Waals surface area contributed by atoms with E-state index in [2.05, 4.69) is 64.5 Å². The highest BCUT2D eigenvalue weighted by atomic mass is 16.5. The number of methoxy groups -OCH3 is 1. The summed E-state index contributed by atoms with van der Waals surface area (Å²) in [6.07, 6.45) is 6.25. The number of hydrogen-bond donors (Lipinski definition) is 1. The number of hydrogen-bond acceptors (Lipinski definition) is 6. The van der Waals surface area contributed by atoms with Crippen LogP contribution in [0.15, 0.2) is 71.9 Å². The van der Waals surface area contributed by atoms with E-state index in [9.17, 15) is 9.70 Å². The molecule has 1 aliphatic carbocycles. The lowest BCUT2D eigenvalue weighted by atomic mass is 9.96. The van der Waals surface area contributed by atoms with Gasteiger partial charge >= 0.3 is 0 Å². The summed E-state index contributed by atoms with van der Waals surface area (Å²) in [5.74, 6) is 3.74. The van der Waals surface area contributed by atoms with E-state index in [1.165, 1.54) is 22.3 Å². The number of carbonyl (C=O) groups is 2. The normalized spacial score (nSPS) is 11.4. The first-order chi connectivity index (χ1) is 18.6. The van der Waals surface area contributed by atoms with Crippen LogP contribution in [0.2, 0.25) is 0 Å². The number of nitrogens with zero attached hydrogens (tertiary/aromatic N) is 2. The molecule has 196 valence electrons. The van der Waals surface area contributed by atoms with E-state index in [4.69, 9.17) is 25.8 Å². The molecule has 0 aromatic heterocycles. The van der Waals surface area contributed by atoms with Gasteiger partial charge in [-0.1, -0.05) is 60.5 Å². The first-order valence-corrected chi connectivity index (χ1v) is 12.1. The van der Waals surface area contributed by atoms with Gasteiger partial charge in [0.25, 0.3) is 12.4 Å². The molecular formula is C30H30N2O6. The highest BCUT2D eigenvalue weighted by Gasteiger charge is 2.29. The summed E-state index contributed by atoms with van der Waals surface area (Å²) in [4.78, 5) is 31.8. The zero-order chi connectivity index (χ0) is 27.3. The van der Waals surface area contributed by atoms with Crippen LogP contribution in [0.25, 0.3) is 11.1 Å². The highest BCUT2D eigenvalue weighted by molar-refractivity contribution is 5.79. The minimum atomic E-state index is -0.664. The number of terminal acetylenes is 1. The molecule has 0 radical (unpaired) electrons. The van der Waals surface area contributed by atoms with Gasteiger partial charge in [-0.15, -0.1) is 11.3 Å². The molecule has 0 fully saturated rings. The predicted octanol–water partition coefficient (Wildman–Crippen LogP) is 5.10. The van der Waals surface area contributed by atoms with Crippen molar-refractivity contribution in [2.75, 3.05) is 26.8 Å². The van der Waals surface area contributed by atoms with Gasteiger partial charge in [-0.3, -0.25) is 14.5 Å². The average Bonchev–Trinajstić information content (AvgIpc) is 3.25. The third-order valence-corrected chi connectivity index (χ3v) is 6.28. The number of nitroso groups, excluding NO2 is 1. The Labute approximate surface area is 222 Å². The Balaban J connectivity index is 0.00000127. The fraction of sp³-hybridized carbons (Fsp3) is 0.267. The van der Waals surface area contributed by atoms with Gasteiger partial charge in [0, 0.05) is 42.2 Å². The van der Waals surface area contributed by atoms with Crippen LogP contribution in [-0.2, 0) is 16.1 Å². The van der Waals surface area contributed by atoms with E-state index >= 15 is 0 Å². The zero-order valence-corrected chi connectivity index (χ0v) is 21.2. The van der Waals surface area contributed by atoms with E-state index in [0.717, 1.165) is 12.1 Å². The Bertz CT molecular complexity index is 1250. The maximum Gasteiger partial charge on any atom is 0.290 e. The number of carbonyl (C=O) groups excluding carboxylic acids is 1. The van der Waals surface area contributed by atoms with Gasteiger partial charge in [0.1, 0.15) is 11.5 Å². The minimum absolute atomic E-state index is 0.0766. The highest BCUT2D eigenvalue weighted by Crippen LogP contribution is 2.45. The van der Waals surface area contributed by atoms with Crippen molar-refractivity contribution >= 4 is 12.4 Å². The summed E-state index contributed by atoms with van der Waals surface area (Å²) in [6, 6.07) is 22.8. The van der Waals surface area contributed by atoms with Crippen LogP contribution in [0.4, 0.5) is 0 Å². The van der Waals surface area contributed by atoms with E-state index in [1.54, 1.807) is 7.11 Å². The van der Waals surface area contributed by atoms with E-state index in [0.29, 0.717) is 37.6 Å². The third-order valence-electron chi connectivity index (χ3n) is 6.28. The zero-order valence-electron chi connectivity index (χ0n) is 21.2. The molecule has 0 saturated heterocycles. The average molecular weight is 515 g/mol. The number of benzene rings is 3. The van der Waals surface area contributed by atoms with Crippen LogP contribution < -0.4 is 9.47 Å². The van der Waals surface area contributed by atoms with Gasteiger partial charge in [-0.05, 0) is 34.7 Å². The predicted molar refractivity (Wildman–Crippen MR) is 145 cm³/mol. The second-order valence-electron chi connectivity index (χ2n) is 8.62. The largest absolute Gasteiger partial charge is 0.496 e. The van der Waals surface area contributed by atoms with Crippen molar-refractivity contribution in [1.29, 1.82) is 0 Å². The summed E-state index contributed by atoms with van der Waals surface area (Å²) < 4.78 is 11.4. The van der Waals surface area contributed by atoms with Crippen molar-refractivity contribution in [3.05, 3.63) is 88.3 Å². The molecular weight excluding hydrogens is 484 g/mol. The number of fused-ring (bicyclic) bond motifs is 3. The van der Waals surface area contributed by atoms with Crippen LogP contribution in [0.3, 0.4) is 0 Å². The molecule has 8 nitrogen and oxygen atoms in total. The number of rotatable bonds is 11. The first-order valence-electron chi connectivity index (χ1n) is 12.1. The quantitative estimate of drug-likeness (QED) is 0.164. The molecule has 4 rings (SSSR count). The van der Waals surface area contributed by atoms with Crippen molar-refractivity contribution in [2.45, 2.75) is 25.3 Å². The molecule has 3 aromatic rings. The second-order valence-corrected chi connectivity index (χ2v) is 8.62. The van der Waals surface area contributed by atoms with Crippen molar-refractivity contribution in [3.8, 4) is 35.0 Å². The Morgan fingerprint density at radius 3 is 2.32 bits per heavy atom. The van der Waals surface area contributed by atoms with Gasteiger partial charge in [0.05, 0.1) is 20.3 Å². The second kappa shape index (κ2) is 14.3. The monoisotopic (exact) mass is 514 g/mol. The lowest BCUT2D eigenvalue weighted by Crippen LogP contribution is -2.29. The van der Waals surface area contributed by atoms with E-state index < -0.39 is 5.91 Å². The molecule has 38 heavy (non-hydrogen) atoms. The maximum absolute atomic E-state index is 11.0. The van der Waals surface area contributed by atoms with Crippen molar-refractivity contribution in [1.82, 2.24) is 4.90 Å². The number of ether oxygens (including phenoxy) is 2. The smallest absolute Gasteiger partial charge is 0.290 e. The van der Waals surface area contributed by atoms with Gasteiger partial charge in [0.2, 0.25) is 0 Å². The molecule has 0 saturated carbocycles. The molecule has 0 unspecified atom stereocenters. The fourth-order valence-electron chi connectivity index (χ4n) is 4.67. The summed E-state index contributed by atoms with van der Waals surface area (Å²) in [7, 11) is 1.63. The fourth-order valence-corrected chi connectivity index (χ4v) is 4.67. The summed E-state index contributed by atoms with van der Waals surface area (Å²) >= 11 is 0. The van der Waals surface area contributed by atoms with Gasteiger partial charge in [0.15, 0.2) is 0 Å². The number of carboxylic acid groups (broad SMARTS) is 1. The molecule has 0 aliphatic heterocycles. The minimum Gasteiger partial charge on any atom is -0.496 e. The van der Waals surface area contributed by atoms with Gasteiger partial charge in [-0.2, -0.15) is 0 Å². The molecule has 0 spiro atoms. The lowest BCUT2D eigenvalue weighted by molar-refractivity contribution is -0.123. The molecule has 1 aliphatic rings. The Morgan fingerprint density at radius 1 is 1.11 bits per heavy atom. The molecule has 1 N–H and O–H groups in total. The van der Waals surface area contributed by atoms with Crippen LogP contribution >= 0.6 is 0 Å². The van der Waals surface area contributed by atoms with Crippen molar-refractivity contribution < 1.29 is 24.2 Å². The Hall–Kier alpha value is -4.48. The molecule has 8 heteroatoms. The van der Waals surface area contributed by atoms with E-state index in [1.807, 2.05) is 18.2 Å². The van der Waals surface area contributed by atoms with E-state index in [-0.39, 0.29) is 18.8 Å². The summed E-state index contributed by atoms with van der Waals surface area (Å²) in [5, 5.41) is 9.28. The van der Waals surface area contributed by atoms with Crippen LogP contribution in [0.5, 0.6) is 11.5 Å². The molecule has 3 aromatic carbocycles. The maximum atomic E-state index is 11.0. The van der Waals surface area contributed by atoms with Crippen molar-refractivity contribution in [2.24, 2.45) is 5.18 Å². The third kappa shape index (κ3) is 7.05. The number of amides is 1. The molecule has 0 atom stereocenters. The van der Waals surface area contributed by atoms with Crippen LogP contribution in [-0.4, -0.2) is 49.2 Å². The topological polar surface area (TPSA) is 106 Å². The van der Waals surface area contributed by atoms with Gasteiger partial charge in [-0.25, -0.2) is 0 Å². The van der Waals surface area contributed by atoms with Gasteiger partial charge < -0.3 is 14.6 Å². The SMILES string of the molecule is C#CCN(Cc1ccc(OCCCC(=O)N=O)cc1OC)CC1c2ccccc2-c2ccccc21.O=CO. The summed E-state index contributed by atoms with van der Waals surface area (Å²) in [5.41, 5.74) is 6.25. The summed E-state index contributed by atoms with van der Waals surface area (Å²) in [6.45, 7) is 2.00. The molecule has 0 heterocycles. The lowest BCUT2D eigenvalue weighted by Gasteiger charge is -2.26. The van der Waals surface area contributed by atoms with Crippen LogP contribution in [0, 0.1) is 17.3 Å². The standard InChI is InChI=1S/C29H28N2O4.CH2O2/c1-3-16-31(20-27-25-11-6-4-9-23(25)24-10-5-7-12-26(24)27)19-21-14-15-22(18-28(21)34-2)35-17-8-13-29(32)30-33;2-1-3/h1,4-7,9-12,14-15,18,27H,8,13,16-17,19-20H2,2H3;1H,(H,2,3). The molecule has 0 bridgehead atoms.